The Kier molecular flexibility index (Phi) is 7.51. The lowest BCUT2D eigenvalue weighted by molar-refractivity contribution is -0.121. The van der Waals surface area contributed by atoms with Crippen LogP contribution in [-0.4, -0.2) is 37.0 Å². The summed E-state index contributed by atoms with van der Waals surface area (Å²) in [6.45, 7) is 8.70. The summed E-state index contributed by atoms with van der Waals surface area (Å²) in [6, 6.07) is 8.76. The SMILES string of the molecule is CC1CCN(Cc2ccc(CNC(=O)CCC3CCNCC3)cc2)CC1. The maximum absolute atomic E-state index is 12.1. The molecule has 0 saturated carbocycles. The number of rotatable bonds is 7. The number of nitrogens with zero attached hydrogens (tertiary/aromatic N) is 1. The molecule has 2 saturated heterocycles. The Balaban J connectivity index is 1.35. The number of hydrogen-bond acceptors (Lipinski definition) is 3. The molecule has 0 bridgehead atoms. The smallest absolute Gasteiger partial charge is 0.220 e. The maximum Gasteiger partial charge on any atom is 0.220 e. The Morgan fingerprint density at radius 1 is 1.08 bits per heavy atom. The van der Waals surface area contributed by atoms with Gasteiger partial charge in [-0.2, -0.15) is 0 Å². The van der Waals surface area contributed by atoms with E-state index in [4.69, 9.17) is 0 Å². The summed E-state index contributed by atoms with van der Waals surface area (Å²) in [7, 11) is 0. The summed E-state index contributed by atoms with van der Waals surface area (Å²) < 4.78 is 0. The molecule has 1 aromatic rings. The summed E-state index contributed by atoms with van der Waals surface area (Å²) >= 11 is 0. The molecule has 0 radical (unpaired) electrons. The quantitative estimate of drug-likeness (QED) is 0.787. The van der Waals surface area contributed by atoms with Crippen molar-refractivity contribution < 1.29 is 4.79 Å². The molecule has 2 heterocycles. The van der Waals surface area contributed by atoms with E-state index in [1.54, 1.807) is 0 Å². The van der Waals surface area contributed by atoms with Crippen molar-refractivity contribution in [3.05, 3.63) is 35.4 Å². The summed E-state index contributed by atoms with van der Waals surface area (Å²) in [5, 5.41) is 6.46. The Morgan fingerprint density at radius 2 is 1.73 bits per heavy atom. The molecule has 0 spiro atoms. The van der Waals surface area contributed by atoms with Crippen LogP contribution >= 0.6 is 0 Å². The number of likely N-dealkylation sites (tertiary alicyclic amines) is 1. The zero-order valence-corrected chi connectivity index (χ0v) is 16.3. The van der Waals surface area contributed by atoms with Gasteiger partial charge in [-0.3, -0.25) is 9.69 Å². The summed E-state index contributed by atoms with van der Waals surface area (Å²) in [6.07, 6.45) is 6.76. The Hall–Kier alpha value is -1.39. The van der Waals surface area contributed by atoms with Crippen LogP contribution in [0.15, 0.2) is 24.3 Å². The van der Waals surface area contributed by atoms with Crippen LogP contribution in [-0.2, 0) is 17.9 Å². The van der Waals surface area contributed by atoms with E-state index in [1.807, 2.05) is 0 Å². The molecule has 4 heteroatoms. The highest BCUT2D eigenvalue weighted by Gasteiger charge is 2.16. The minimum Gasteiger partial charge on any atom is -0.352 e. The van der Waals surface area contributed by atoms with Gasteiger partial charge in [0, 0.05) is 19.5 Å². The van der Waals surface area contributed by atoms with E-state index in [0.29, 0.717) is 13.0 Å². The predicted octanol–water partition coefficient (Wildman–Crippen LogP) is 3.31. The number of carbonyl (C=O) groups excluding carboxylic acids is 1. The van der Waals surface area contributed by atoms with Gasteiger partial charge in [0.05, 0.1) is 0 Å². The molecular weight excluding hydrogens is 322 g/mol. The minimum absolute atomic E-state index is 0.190. The topological polar surface area (TPSA) is 44.4 Å². The number of piperidine rings is 2. The van der Waals surface area contributed by atoms with Crippen molar-refractivity contribution in [2.45, 2.75) is 58.5 Å². The maximum atomic E-state index is 12.1. The molecule has 1 aromatic carbocycles. The van der Waals surface area contributed by atoms with E-state index in [9.17, 15) is 4.79 Å². The predicted molar refractivity (Wildman–Crippen MR) is 107 cm³/mol. The van der Waals surface area contributed by atoms with Gasteiger partial charge in [0.2, 0.25) is 5.91 Å². The fourth-order valence-corrected chi connectivity index (χ4v) is 4.04. The number of nitrogens with one attached hydrogen (secondary N) is 2. The third kappa shape index (κ3) is 6.40. The van der Waals surface area contributed by atoms with Crippen LogP contribution in [0.25, 0.3) is 0 Å². The van der Waals surface area contributed by atoms with Crippen molar-refractivity contribution in [1.29, 1.82) is 0 Å². The lowest BCUT2D eigenvalue weighted by Crippen LogP contribution is -2.32. The number of benzene rings is 1. The molecule has 0 aliphatic carbocycles. The van der Waals surface area contributed by atoms with Crippen molar-refractivity contribution in [3.8, 4) is 0 Å². The van der Waals surface area contributed by atoms with E-state index in [2.05, 4.69) is 46.7 Å². The molecule has 2 aliphatic rings. The lowest BCUT2D eigenvalue weighted by Gasteiger charge is -2.30. The van der Waals surface area contributed by atoms with Gasteiger partial charge in [-0.1, -0.05) is 31.2 Å². The van der Waals surface area contributed by atoms with Crippen molar-refractivity contribution >= 4 is 5.91 Å². The fourth-order valence-electron chi connectivity index (χ4n) is 4.04. The first kappa shape index (κ1) is 19.4. The average Bonchev–Trinajstić information content (AvgIpc) is 2.68. The molecule has 2 fully saturated rings. The van der Waals surface area contributed by atoms with E-state index in [1.165, 1.54) is 49.9 Å². The zero-order chi connectivity index (χ0) is 18.2. The van der Waals surface area contributed by atoms with E-state index >= 15 is 0 Å². The summed E-state index contributed by atoms with van der Waals surface area (Å²) in [5.41, 5.74) is 2.57. The third-order valence-electron chi connectivity index (χ3n) is 6.03. The van der Waals surface area contributed by atoms with Crippen molar-refractivity contribution in [1.82, 2.24) is 15.5 Å². The zero-order valence-electron chi connectivity index (χ0n) is 16.3. The second-order valence-corrected chi connectivity index (χ2v) is 8.28. The van der Waals surface area contributed by atoms with Crippen LogP contribution in [0.5, 0.6) is 0 Å². The second-order valence-electron chi connectivity index (χ2n) is 8.28. The average molecular weight is 358 g/mol. The van der Waals surface area contributed by atoms with Crippen molar-refractivity contribution in [3.63, 3.8) is 0 Å². The highest BCUT2D eigenvalue weighted by atomic mass is 16.1. The molecule has 4 nitrogen and oxygen atoms in total. The molecule has 0 aromatic heterocycles. The molecule has 0 unspecified atom stereocenters. The first-order valence-corrected chi connectivity index (χ1v) is 10.5. The molecule has 144 valence electrons. The standard InChI is InChI=1S/C22H35N3O/c1-18-10-14-25(15-11-18)17-21-4-2-20(3-5-21)16-24-22(26)7-6-19-8-12-23-13-9-19/h2-5,18-19,23H,6-17H2,1H3,(H,24,26). The molecule has 1 amide bonds. The van der Waals surface area contributed by atoms with Gasteiger partial charge in [-0.25, -0.2) is 0 Å². The van der Waals surface area contributed by atoms with Crippen LogP contribution in [0.3, 0.4) is 0 Å². The third-order valence-corrected chi connectivity index (χ3v) is 6.03. The van der Waals surface area contributed by atoms with Crippen molar-refractivity contribution in [2.24, 2.45) is 11.8 Å². The first-order chi connectivity index (χ1) is 12.7. The second kappa shape index (κ2) is 10.1. The molecule has 0 atom stereocenters. The largest absolute Gasteiger partial charge is 0.352 e. The van der Waals surface area contributed by atoms with E-state index in [0.717, 1.165) is 37.9 Å². The van der Waals surface area contributed by atoms with E-state index < -0.39 is 0 Å². The number of carbonyl (C=O) groups is 1. The fraction of sp³-hybridized carbons (Fsp3) is 0.682. The highest BCUT2D eigenvalue weighted by molar-refractivity contribution is 5.75. The lowest BCUT2D eigenvalue weighted by atomic mass is 9.93. The Morgan fingerprint density at radius 3 is 2.42 bits per heavy atom. The summed E-state index contributed by atoms with van der Waals surface area (Å²) in [5.74, 6) is 1.79. The number of hydrogen-bond donors (Lipinski definition) is 2. The monoisotopic (exact) mass is 357 g/mol. The molecule has 2 aliphatic heterocycles. The van der Waals surface area contributed by atoms with Crippen molar-refractivity contribution in [2.75, 3.05) is 26.2 Å². The van der Waals surface area contributed by atoms with Crippen LogP contribution in [0.1, 0.15) is 56.6 Å². The number of amides is 1. The van der Waals surface area contributed by atoms with E-state index in [-0.39, 0.29) is 5.91 Å². The van der Waals surface area contributed by atoms with Crippen LogP contribution in [0, 0.1) is 11.8 Å². The summed E-state index contributed by atoms with van der Waals surface area (Å²) in [4.78, 5) is 14.6. The van der Waals surface area contributed by atoms with Gasteiger partial charge >= 0.3 is 0 Å². The van der Waals surface area contributed by atoms with Gasteiger partial charge in [-0.15, -0.1) is 0 Å². The van der Waals surface area contributed by atoms with Crippen LogP contribution in [0.2, 0.25) is 0 Å². The van der Waals surface area contributed by atoms with Gasteiger partial charge in [0.25, 0.3) is 0 Å². The first-order valence-electron chi connectivity index (χ1n) is 10.5. The molecule has 2 N–H and O–H groups in total. The van der Waals surface area contributed by atoms with Gasteiger partial charge in [0.1, 0.15) is 0 Å². The van der Waals surface area contributed by atoms with Crippen LogP contribution in [0.4, 0.5) is 0 Å². The minimum atomic E-state index is 0.190. The molecule has 26 heavy (non-hydrogen) atoms. The van der Waals surface area contributed by atoms with Gasteiger partial charge < -0.3 is 10.6 Å². The molecule has 3 rings (SSSR count). The van der Waals surface area contributed by atoms with Crippen LogP contribution < -0.4 is 10.6 Å². The Bertz CT molecular complexity index is 543. The Labute approximate surface area is 158 Å². The van der Waals surface area contributed by atoms with Gasteiger partial charge in [-0.05, 0) is 81.2 Å². The normalized spacial score (nSPS) is 20.2. The highest BCUT2D eigenvalue weighted by Crippen LogP contribution is 2.19. The van der Waals surface area contributed by atoms with Gasteiger partial charge in [0.15, 0.2) is 0 Å². The molecular formula is C22H35N3O.